The lowest BCUT2D eigenvalue weighted by Gasteiger charge is -2.39. The Labute approximate surface area is 148 Å². The van der Waals surface area contributed by atoms with Gasteiger partial charge in [0.05, 0.1) is 6.61 Å². The minimum Gasteiger partial charge on any atom is -0.461 e. The van der Waals surface area contributed by atoms with Crippen LogP contribution in [0.5, 0.6) is 0 Å². The molecule has 1 aliphatic carbocycles. The lowest BCUT2D eigenvalue weighted by molar-refractivity contribution is -0.224. The fourth-order valence-corrected chi connectivity index (χ4v) is 3.75. The summed E-state index contributed by atoms with van der Waals surface area (Å²) >= 11 is 3.43. The third kappa shape index (κ3) is 3.13. The zero-order valence-electron chi connectivity index (χ0n) is 13.4. The number of allylic oxidation sites excluding steroid dienone is 2. The summed E-state index contributed by atoms with van der Waals surface area (Å²) < 4.78 is 11.4. The monoisotopic (exact) mass is 394 g/mol. The second kappa shape index (κ2) is 6.69. The number of Topliss-reactive ketones (excluding diaryl/α,β-unsaturated/α-hetero) is 1. The van der Waals surface area contributed by atoms with E-state index in [0.717, 1.165) is 10.0 Å². The number of carbonyl (C=O) groups is 2. The lowest BCUT2D eigenvalue weighted by atomic mass is 9.77. The van der Waals surface area contributed by atoms with Gasteiger partial charge in [-0.25, -0.2) is 4.79 Å². The van der Waals surface area contributed by atoms with Crippen LogP contribution in [0, 0.1) is 0 Å². The van der Waals surface area contributed by atoms with Crippen LogP contribution in [0.25, 0.3) is 0 Å². The SMILES string of the molecule is CCOC(=O)C1(O)C[C@@H](c2cccc(Br)c2)C2=C(CCCC2=O)O1. The summed E-state index contributed by atoms with van der Waals surface area (Å²) in [7, 11) is 0. The summed E-state index contributed by atoms with van der Waals surface area (Å²) in [5.74, 6) is -2.83. The lowest BCUT2D eigenvalue weighted by Crippen LogP contribution is -2.48. The Balaban J connectivity index is 2.06. The first kappa shape index (κ1) is 17.2. The van der Waals surface area contributed by atoms with E-state index in [2.05, 4.69) is 15.9 Å². The Bertz CT molecular complexity index is 711. The Morgan fingerprint density at radius 2 is 2.25 bits per heavy atom. The van der Waals surface area contributed by atoms with Crippen molar-refractivity contribution < 1.29 is 24.2 Å². The van der Waals surface area contributed by atoms with Gasteiger partial charge < -0.3 is 14.6 Å². The number of halogens is 1. The largest absolute Gasteiger partial charge is 0.461 e. The molecule has 1 aliphatic heterocycles. The van der Waals surface area contributed by atoms with Gasteiger partial charge in [-0.05, 0) is 31.0 Å². The van der Waals surface area contributed by atoms with E-state index in [4.69, 9.17) is 9.47 Å². The van der Waals surface area contributed by atoms with Gasteiger partial charge in [-0.2, -0.15) is 0 Å². The third-order valence-corrected chi connectivity index (χ3v) is 4.87. The number of carbonyl (C=O) groups excluding carboxylic acids is 2. The molecule has 1 aromatic carbocycles. The van der Waals surface area contributed by atoms with Crippen molar-refractivity contribution in [2.75, 3.05) is 6.61 Å². The number of ether oxygens (including phenoxy) is 2. The smallest absolute Gasteiger partial charge is 0.379 e. The van der Waals surface area contributed by atoms with E-state index < -0.39 is 17.7 Å². The van der Waals surface area contributed by atoms with Crippen LogP contribution in [0.4, 0.5) is 0 Å². The second-order valence-electron chi connectivity index (χ2n) is 6.03. The Hall–Kier alpha value is -1.66. The van der Waals surface area contributed by atoms with Crippen LogP contribution in [0.15, 0.2) is 40.1 Å². The summed E-state index contributed by atoms with van der Waals surface area (Å²) in [5, 5.41) is 10.7. The van der Waals surface area contributed by atoms with Crippen molar-refractivity contribution in [1.82, 2.24) is 0 Å². The average Bonchev–Trinajstić information content (AvgIpc) is 2.54. The zero-order chi connectivity index (χ0) is 17.3. The molecule has 2 atom stereocenters. The molecule has 0 bridgehead atoms. The summed E-state index contributed by atoms with van der Waals surface area (Å²) in [4.78, 5) is 24.7. The molecule has 1 unspecified atom stereocenters. The summed E-state index contributed by atoms with van der Waals surface area (Å²) in [6.07, 6.45) is 1.62. The Morgan fingerprint density at radius 3 is 2.96 bits per heavy atom. The predicted molar refractivity (Wildman–Crippen MR) is 90.1 cm³/mol. The molecule has 0 spiro atoms. The molecule has 2 aliphatic rings. The highest BCUT2D eigenvalue weighted by Gasteiger charge is 2.50. The molecule has 0 saturated heterocycles. The van der Waals surface area contributed by atoms with Crippen molar-refractivity contribution in [3.8, 4) is 0 Å². The molecule has 0 fully saturated rings. The standard InChI is InChI=1S/C18H19BrO5/c1-2-23-17(21)18(22)10-13(11-5-3-6-12(19)9-11)16-14(20)7-4-8-15(16)24-18/h3,5-6,9,13,22H,2,4,7-8,10H2,1H3/t13-,18?/m0/s1. The summed E-state index contributed by atoms with van der Waals surface area (Å²) in [5.41, 5.74) is 1.44. The van der Waals surface area contributed by atoms with Crippen molar-refractivity contribution in [2.45, 2.75) is 44.3 Å². The average molecular weight is 395 g/mol. The fourth-order valence-electron chi connectivity index (χ4n) is 3.33. The van der Waals surface area contributed by atoms with Crippen molar-refractivity contribution in [3.63, 3.8) is 0 Å². The van der Waals surface area contributed by atoms with E-state index in [1.54, 1.807) is 6.92 Å². The van der Waals surface area contributed by atoms with Crippen molar-refractivity contribution >= 4 is 27.7 Å². The highest BCUT2D eigenvalue weighted by Crippen LogP contribution is 2.45. The van der Waals surface area contributed by atoms with E-state index in [1.165, 1.54) is 0 Å². The van der Waals surface area contributed by atoms with Gasteiger partial charge in [-0.1, -0.05) is 28.1 Å². The third-order valence-electron chi connectivity index (χ3n) is 4.38. The van der Waals surface area contributed by atoms with Crippen LogP contribution < -0.4 is 0 Å². The van der Waals surface area contributed by atoms with E-state index in [-0.39, 0.29) is 18.8 Å². The van der Waals surface area contributed by atoms with Gasteiger partial charge in [0.2, 0.25) is 0 Å². The van der Waals surface area contributed by atoms with Gasteiger partial charge in [-0.3, -0.25) is 4.79 Å². The van der Waals surface area contributed by atoms with Gasteiger partial charge in [0, 0.05) is 35.2 Å². The van der Waals surface area contributed by atoms with Crippen LogP contribution in [-0.2, 0) is 19.1 Å². The molecule has 0 amide bonds. The van der Waals surface area contributed by atoms with E-state index >= 15 is 0 Å². The molecule has 24 heavy (non-hydrogen) atoms. The van der Waals surface area contributed by atoms with Crippen molar-refractivity contribution in [1.29, 1.82) is 0 Å². The van der Waals surface area contributed by atoms with Gasteiger partial charge in [0.1, 0.15) is 5.76 Å². The highest BCUT2D eigenvalue weighted by molar-refractivity contribution is 9.10. The Morgan fingerprint density at radius 1 is 1.46 bits per heavy atom. The molecule has 5 nitrogen and oxygen atoms in total. The number of hydrogen-bond donors (Lipinski definition) is 1. The molecule has 1 N–H and O–H groups in total. The molecule has 0 radical (unpaired) electrons. The first-order valence-electron chi connectivity index (χ1n) is 8.05. The number of aliphatic hydroxyl groups is 1. The maximum Gasteiger partial charge on any atom is 0.379 e. The first-order chi connectivity index (χ1) is 11.4. The minimum absolute atomic E-state index is 0.0205. The van der Waals surface area contributed by atoms with Crippen LogP contribution in [0.3, 0.4) is 0 Å². The van der Waals surface area contributed by atoms with Gasteiger partial charge in [0.25, 0.3) is 0 Å². The molecule has 128 valence electrons. The minimum atomic E-state index is -2.06. The zero-order valence-corrected chi connectivity index (χ0v) is 15.0. The van der Waals surface area contributed by atoms with Crippen LogP contribution in [-0.4, -0.2) is 29.3 Å². The molecule has 0 saturated carbocycles. The van der Waals surface area contributed by atoms with Crippen LogP contribution in [0.2, 0.25) is 0 Å². The van der Waals surface area contributed by atoms with Crippen LogP contribution in [0.1, 0.15) is 44.1 Å². The molecule has 1 heterocycles. The molecular formula is C18H19BrO5. The van der Waals surface area contributed by atoms with Crippen LogP contribution >= 0.6 is 15.9 Å². The molecule has 0 aromatic heterocycles. The van der Waals surface area contributed by atoms with Crippen molar-refractivity contribution in [2.24, 2.45) is 0 Å². The second-order valence-corrected chi connectivity index (χ2v) is 6.95. The number of hydrogen-bond acceptors (Lipinski definition) is 5. The van der Waals surface area contributed by atoms with E-state index in [0.29, 0.717) is 30.6 Å². The fraction of sp³-hybridized carbons (Fsp3) is 0.444. The van der Waals surface area contributed by atoms with Crippen molar-refractivity contribution in [3.05, 3.63) is 45.6 Å². The maximum absolute atomic E-state index is 12.5. The Kier molecular flexibility index (Phi) is 4.78. The number of benzene rings is 1. The highest BCUT2D eigenvalue weighted by atomic mass is 79.9. The number of rotatable bonds is 3. The summed E-state index contributed by atoms with van der Waals surface area (Å²) in [6.45, 7) is 1.82. The first-order valence-corrected chi connectivity index (χ1v) is 8.84. The number of esters is 1. The molecule has 6 heteroatoms. The van der Waals surface area contributed by atoms with Gasteiger partial charge >= 0.3 is 11.8 Å². The quantitative estimate of drug-likeness (QED) is 0.796. The molecule has 1 aromatic rings. The van der Waals surface area contributed by atoms with Gasteiger partial charge in [-0.15, -0.1) is 0 Å². The van der Waals surface area contributed by atoms with E-state index in [1.807, 2.05) is 24.3 Å². The summed E-state index contributed by atoms with van der Waals surface area (Å²) in [6, 6.07) is 7.54. The normalized spacial score (nSPS) is 26.6. The van der Waals surface area contributed by atoms with E-state index in [9.17, 15) is 14.7 Å². The predicted octanol–water partition coefficient (Wildman–Crippen LogP) is 3.21. The van der Waals surface area contributed by atoms with Gasteiger partial charge in [0.15, 0.2) is 5.78 Å². The topological polar surface area (TPSA) is 72.8 Å². The molecule has 3 rings (SSSR count). The maximum atomic E-state index is 12.5. The molecular weight excluding hydrogens is 376 g/mol. The number of ketones is 1.